The summed E-state index contributed by atoms with van der Waals surface area (Å²) in [7, 11) is -4.16. The van der Waals surface area contributed by atoms with Crippen LogP contribution < -0.4 is 9.47 Å². The molecule has 0 saturated carbocycles. The highest BCUT2D eigenvalue weighted by Crippen LogP contribution is 2.42. The van der Waals surface area contributed by atoms with Crippen LogP contribution in [0.4, 0.5) is 0 Å². The Balaban J connectivity index is 1.52. The molecule has 2 rings (SSSR count). The lowest BCUT2D eigenvalue weighted by molar-refractivity contribution is 0.115. The topological polar surface area (TPSA) is 74.2 Å². The molecule has 39 heavy (non-hydrogen) atoms. The van der Waals surface area contributed by atoms with Crippen molar-refractivity contribution < 1.29 is 28.0 Å². The average Bonchev–Trinajstić information content (AvgIpc) is 2.94. The number of unbranched alkanes of at least 4 members (excludes halogenated alkanes) is 10. The molecule has 0 atom stereocenters. The van der Waals surface area contributed by atoms with E-state index >= 15 is 0 Å². The van der Waals surface area contributed by atoms with Crippen LogP contribution in [0.5, 0.6) is 11.5 Å². The monoisotopic (exact) mass is 562 g/mol. The van der Waals surface area contributed by atoms with E-state index in [1.807, 2.05) is 24.3 Å². The van der Waals surface area contributed by atoms with Gasteiger partial charge in [0, 0.05) is 0 Å². The van der Waals surface area contributed by atoms with Gasteiger partial charge < -0.3 is 14.4 Å². The van der Waals surface area contributed by atoms with E-state index in [1.54, 1.807) is 0 Å². The Hall–Kier alpha value is -1.85. The van der Waals surface area contributed by atoms with Gasteiger partial charge in [-0.15, -0.1) is 0 Å². The predicted octanol–water partition coefficient (Wildman–Crippen LogP) is 9.08. The molecule has 0 aliphatic heterocycles. The molecule has 0 saturated heterocycles. The van der Waals surface area contributed by atoms with Crippen LogP contribution >= 0.6 is 7.82 Å². The summed E-state index contributed by atoms with van der Waals surface area (Å²) < 4.78 is 33.4. The molecule has 2 aromatic carbocycles. The van der Waals surface area contributed by atoms with Gasteiger partial charge in [0.1, 0.15) is 24.7 Å². The molecule has 0 heterocycles. The summed E-state index contributed by atoms with van der Waals surface area (Å²) >= 11 is 0. The van der Waals surface area contributed by atoms with Crippen molar-refractivity contribution in [2.24, 2.45) is 0 Å². The normalized spacial score (nSPS) is 11.6. The lowest BCUT2D eigenvalue weighted by Gasteiger charge is -2.13. The van der Waals surface area contributed by atoms with Crippen molar-refractivity contribution in [1.29, 1.82) is 0 Å². The third kappa shape index (κ3) is 16.8. The Morgan fingerprint density at radius 2 is 0.897 bits per heavy atom. The maximum Gasteiger partial charge on any atom is 0.472 e. The summed E-state index contributed by atoms with van der Waals surface area (Å²) in [4.78, 5) is 9.88. The lowest BCUT2D eigenvalue weighted by Crippen LogP contribution is -2.09. The van der Waals surface area contributed by atoms with Crippen LogP contribution in [0.25, 0.3) is 0 Å². The molecule has 2 aromatic rings. The Morgan fingerprint density at radius 1 is 0.538 bits per heavy atom. The molecule has 0 aliphatic carbocycles. The van der Waals surface area contributed by atoms with Crippen LogP contribution in [0.15, 0.2) is 48.5 Å². The van der Waals surface area contributed by atoms with Crippen LogP contribution in [0.2, 0.25) is 0 Å². The van der Waals surface area contributed by atoms with E-state index in [2.05, 4.69) is 38.1 Å². The molecular formula is C32H51O6P. The zero-order chi connectivity index (χ0) is 28.0. The zero-order valence-electron chi connectivity index (χ0n) is 24.3. The fraction of sp³-hybridized carbons (Fsp3) is 0.625. The fourth-order valence-corrected chi connectivity index (χ4v) is 5.07. The van der Waals surface area contributed by atoms with Crippen molar-refractivity contribution >= 4 is 7.82 Å². The van der Waals surface area contributed by atoms with Gasteiger partial charge in [-0.25, -0.2) is 4.57 Å². The summed E-state index contributed by atoms with van der Waals surface area (Å²) in [5.74, 6) is 1.43. The average molecular weight is 563 g/mol. The maximum atomic E-state index is 12.1. The molecule has 0 amide bonds. The standard InChI is InChI=1S/C32H51O6P/c1-3-5-7-9-11-13-15-29-17-21-31(22-18-29)35-25-27-37-39(33,34)38-28-26-36-32-23-19-30(20-24-32)16-14-12-10-8-6-4-2/h17-24H,3-16,25-28H2,1-2H3,(H,33,34). The van der Waals surface area contributed by atoms with Crippen molar-refractivity contribution in [3.8, 4) is 11.5 Å². The number of aryl methyl sites for hydroxylation is 2. The van der Waals surface area contributed by atoms with E-state index in [-0.39, 0.29) is 26.4 Å². The van der Waals surface area contributed by atoms with Crippen molar-refractivity contribution in [1.82, 2.24) is 0 Å². The lowest BCUT2D eigenvalue weighted by atomic mass is 10.0. The van der Waals surface area contributed by atoms with Crippen LogP contribution in [-0.4, -0.2) is 31.3 Å². The number of benzene rings is 2. The molecule has 0 fully saturated rings. The van der Waals surface area contributed by atoms with E-state index in [1.165, 1.54) is 88.2 Å². The minimum atomic E-state index is -4.16. The molecular weight excluding hydrogens is 511 g/mol. The molecule has 0 radical (unpaired) electrons. The first kappa shape index (κ1) is 33.4. The van der Waals surface area contributed by atoms with E-state index in [0.717, 1.165) is 12.8 Å². The van der Waals surface area contributed by atoms with Crippen molar-refractivity contribution in [2.75, 3.05) is 26.4 Å². The molecule has 0 unspecified atom stereocenters. The summed E-state index contributed by atoms with van der Waals surface area (Å²) in [6.45, 7) is 4.70. The third-order valence-electron chi connectivity index (χ3n) is 6.70. The first-order valence-corrected chi connectivity index (χ1v) is 16.6. The van der Waals surface area contributed by atoms with Gasteiger partial charge in [0.05, 0.1) is 13.2 Å². The molecule has 0 aliphatic rings. The molecule has 0 spiro atoms. The quantitative estimate of drug-likeness (QED) is 0.102. The Kier molecular flexibility index (Phi) is 17.9. The fourth-order valence-electron chi connectivity index (χ4n) is 4.39. The van der Waals surface area contributed by atoms with Crippen molar-refractivity contribution in [2.45, 2.75) is 104 Å². The minimum Gasteiger partial charge on any atom is -0.491 e. The number of phosphoric ester groups is 1. The highest BCUT2D eigenvalue weighted by atomic mass is 31.2. The maximum absolute atomic E-state index is 12.1. The molecule has 0 bridgehead atoms. The van der Waals surface area contributed by atoms with Crippen molar-refractivity contribution in [3.05, 3.63) is 59.7 Å². The van der Waals surface area contributed by atoms with Crippen LogP contribution in [0, 0.1) is 0 Å². The van der Waals surface area contributed by atoms with Crippen LogP contribution in [0.3, 0.4) is 0 Å². The highest BCUT2D eigenvalue weighted by molar-refractivity contribution is 7.47. The second-order valence-electron chi connectivity index (χ2n) is 10.2. The van der Waals surface area contributed by atoms with Gasteiger partial charge in [0.2, 0.25) is 0 Å². The first-order chi connectivity index (χ1) is 19.0. The SMILES string of the molecule is CCCCCCCCc1ccc(OCCOP(=O)(O)OCCOc2ccc(CCCCCCCC)cc2)cc1. The zero-order valence-corrected chi connectivity index (χ0v) is 25.2. The molecule has 1 N–H and O–H groups in total. The van der Waals surface area contributed by atoms with Gasteiger partial charge >= 0.3 is 7.82 Å². The van der Waals surface area contributed by atoms with Gasteiger partial charge in [0.25, 0.3) is 0 Å². The molecule has 0 aromatic heterocycles. The van der Waals surface area contributed by atoms with Gasteiger partial charge in [-0.3, -0.25) is 9.05 Å². The van der Waals surface area contributed by atoms with E-state index < -0.39 is 7.82 Å². The highest BCUT2D eigenvalue weighted by Gasteiger charge is 2.20. The van der Waals surface area contributed by atoms with Gasteiger partial charge in [-0.1, -0.05) is 102 Å². The number of phosphoric acid groups is 1. The number of ether oxygens (including phenoxy) is 2. The van der Waals surface area contributed by atoms with Crippen molar-refractivity contribution in [3.63, 3.8) is 0 Å². The van der Waals surface area contributed by atoms with Crippen LogP contribution in [0.1, 0.15) is 102 Å². The Bertz CT molecular complexity index is 828. The van der Waals surface area contributed by atoms with Gasteiger partial charge in [-0.05, 0) is 61.1 Å². The van der Waals surface area contributed by atoms with E-state index in [9.17, 15) is 9.46 Å². The Morgan fingerprint density at radius 3 is 1.28 bits per heavy atom. The predicted molar refractivity (Wildman–Crippen MR) is 160 cm³/mol. The summed E-state index contributed by atoms with van der Waals surface area (Å²) in [6.07, 6.45) is 17.6. The van der Waals surface area contributed by atoms with Gasteiger partial charge in [-0.2, -0.15) is 0 Å². The third-order valence-corrected chi connectivity index (χ3v) is 7.72. The largest absolute Gasteiger partial charge is 0.491 e. The summed E-state index contributed by atoms with van der Waals surface area (Å²) in [5.41, 5.74) is 2.60. The molecule has 220 valence electrons. The van der Waals surface area contributed by atoms with Gasteiger partial charge in [0.15, 0.2) is 0 Å². The van der Waals surface area contributed by atoms with E-state index in [4.69, 9.17) is 18.5 Å². The number of hydrogen-bond acceptors (Lipinski definition) is 5. The molecule has 6 nitrogen and oxygen atoms in total. The summed E-state index contributed by atoms with van der Waals surface area (Å²) in [6, 6.07) is 16.0. The van der Waals surface area contributed by atoms with E-state index in [0.29, 0.717) is 11.5 Å². The second kappa shape index (κ2) is 21.0. The molecule has 7 heteroatoms. The Labute approximate surface area is 237 Å². The number of hydrogen-bond donors (Lipinski definition) is 1. The van der Waals surface area contributed by atoms with Crippen LogP contribution in [-0.2, 0) is 26.5 Å². The smallest absolute Gasteiger partial charge is 0.472 e. The first-order valence-electron chi connectivity index (χ1n) is 15.1. The minimum absolute atomic E-state index is 0.0474. The summed E-state index contributed by atoms with van der Waals surface area (Å²) in [5, 5.41) is 0. The second-order valence-corrected chi connectivity index (χ2v) is 11.6. The number of rotatable bonds is 24.